The number of benzene rings is 1. The van der Waals surface area contributed by atoms with Crippen molar-refractivity contribution in [3.05, 3.63) is 53.0 Å². The number of allylic oxidation sites excluding steroid dienone is 3. The van der Waals surface area contributed by atoms with Crippen LogP contribution in [0.25, 0.3) is 0 Å². The molecule has 0 amide bonds. The topological polar surface area (TPSA) is 55.7 Å². The van der Waals surface area contributed by atoms with E-state index < -0.39 is 10.1 Å². The molecule has 0 bridgehead atoms. The molecule has 0 fully saturated rings. The third kappa shape index (κ3) is 6.93. The molecule has 0 aromatic heterocycles. The quantitative estimate of drug-likeness (QED) is 0.266. The number of oxime groups is 1. The van der Waals surface area contributed by atoms with Gasteiger partial charge >= 0.3 is 10.1 Å². The second kappa shape index (κ2) is 10.4. The monoisotopic (exact) mass is 367 g/mol. The van der Waals surface area contributed by atoms with Gasteiger partial charge in [-0.05, 0) is 45.2 Å². The van der Waals surface area contributed by atoms with Gasteiger partial charge in [0.25, 0.3) is 0 Å². The third-order valence-electron chi connectivity index (χ3n) is 3.05. The van der Waals surface area contributed by atoms with Crippen molar-refractivity contribution in [2.24, 2.45) is 5.16 Å². The molecule has 132 valence electrons. The van der Waals surface area contributed by atoms with Crippen LogP contribution in [0.15, 0.2) is 57.4 Å². The molecule has 0 atom stereocenters. The minimum Gasteiger partial charge on any atom is -0.264 e. The van der Waals surface area contributed by atoms with Crippen LogP contribution < -0.4 is 0 Å². The van der Waals surface area contributed by atoms with E-state index in [0.29, 0.717) is 11.5 Å². The second-order valence-electron chi connectivity index (χ2n) is 5.18. The van der Waals surface area contributed by atoms with Gasteiger partial charge in [-0.3, -0.25) is 4.28 Å². The van der Waals surface area contributed by atoms with E-state index in [1.807, 2.05) is 32.9 Å². The first-order valence-corrected chi connectivity index (χ1v) is 10.2. The molecule has 0 radical (unpaired) electrons. The predicted molar refractivity (Wildman–Crippen MR) is 103 cm³/mol. The van der Waals surface area contributed by atoms with Crippen LogP contribution >= 0.6 is 11.8 Å². The molecule has 0 unspecified atom stereocenters. The molecule has 0 spiro atoms. The van der Waals surface area contributed by atoms with Crippen LogP contribution in [0.1, 0.15) is 45.6 Å². The molecule has 0 N–H and O–H groups in total. The molecular weight excluding hydrogens is 342 g/mol. The molecule has 0 aliphatic heterocycles. The summed E-state index contributed by atoms with van der Waals surface area (Å²) >= 11 is 1.43. The van der Waals surface area contributed by atoms with Gasteiger partial charge in [0, 0.05) is 4.91 Å². The van der Waals surface area contributed by atoms with E-state index in [9.17, 15) is 8.42 Å². The van der Waals surface area contributed by atoms with Crippen molar-refractivity contribution in [1.29, 1.82) is 0 Å². The summed E-state index contributed by atoms with van der Waals surface area (Å²) in [4.78, 5) is 1.12. The molecule has 1 aromatic carbocycles. The standard InChI is InChI=1S/C18H25NO3S2/c1-5-8-10-16(7-3)23-18(9-6-2)19-22-24(20,21)17-13-11-15(4)12-14-17/h7-8,10-14H,5-6,9H2,1-4H3/b10-8-,16-7+,19-18-. The van der Waals surface area contributed by atoms with E-state index in [4.69, 9.17) is 4.28 Å². The molecule has 4 nitrogen and oxygen atoms in total. The minimum absolute atomic E-state index is 0.106. The molecule has 0 heterocycles. The van der Waals surface area contributed by atoms with E-state index >= 15 is 0 Å². The summed E-state index contributed by atoms with van der Waals surface area (Å²) in [5.74, 6) is 0. The fourth-order valence-corrected chi connectivity index (χ4v) is 3.45. The molecule has 24 heavy (non-hydrogen) atoms. The first-order chi connectivity index (χ1) is 11.4. The molecule has 1 rings (SSSR count). The SMILES string of the molecule is C/C=C(\C=C/CC)S/C(CCC)=N\OS(=O)(=O)c1ccc(C)cc1. The van der Waals surface area contributed by atoms with Crippen molar-refractivity contribution in [3.63, 3.8) is 0 Å². The lowest BCUT2D eigenvalue weighted by Crippen LogP contribution is -2.04. The van der Waals surface area contributed by atoms with Gasteiger partial charge in [0.05, 0.1) is 0 Å². The van der Waals surface area contributed by atoms with Crippen LogP contribution in [-0.2, 0) is 14.4 Å². The van der Waals surface area contributed by atoms with Gasteiger partial charge in [-0.2, -0.15) is 8.42 Å². The zero-order valence-corrected chi connectivity index (χ0v) is 16.3. The number of hydrogen-bond donors (Lipinski definition) is 0. The lowest BCUT2D eigenvalue weighted by Gasteiger charge is -2.06. The van der Waals surface area contributed by atoms with Crippen molar-refractivity contribution in [2.45, 2.75) is 51.9 Å². The molecule has 0 saturated heterocycles. The highest BCUT2D eigenvalue weighted by molar-refractivity contribution is 8.17. The molecule has 1 aromatic rings. The Labute approximate surface area is 149 Å². The van der Waals surface area contributed by atoms with Gasteiger partial charge in [-0.25, -0.2) is 0 Å². The molecule has 0 saturated carbocycles. The lowest BCUT2D eigenvalue weighted by atomic mass is 10.2. The Bertz CT molecular complexity index is 702. The number of nitrogens with zero attached hydrogens (tertiary/aromatic N) is 1. The summed E-state index contributed by atoms with van der Waals surface area (Å²) in [5, 5.41) is 4.54. The average molecular weight is 368 g/mol. The Morgan fingerprint density at radius 3 is 2.46 bits per heavy atom. The molecule has 0 aliphatic carbocycles. The van der Waals surface area contributed by atoms with E-state index in [1.165, 1.54) is 23.9 Å². The fraction of sp³-hybridized carbons (Fsp3) is 0.389. The first-order valence-electron chi connectivity index (χ1n) is 8.00. The maximum Gasteiger partial charge on any atom is 0.358 e. The Kier molecular flexibility index (Phi) is 8.85. The lowest BCUT2D eigenvalue weighted by molar-refractivity contribution is 0.339. The maximum absolute atomic E-state index is 12.2. The molecule has 0 aliphatic rings. The number of hydrogen-bond acceptors (Lipinski definition) is 5. The van der Waals surface area contributed by atoms with Crippen molar-refractivity contribution in [1.82, 2.24) is 0 Å². The Morgan fingerprint density at radius 1 is 1.25 bits per heavy atom. The van der Waals surface area contributed by atoms with Gasteiger partial charge < -0.3 is 0 Å². The number of rotatable bonds is 8. The van der Waals surface area contributed by atoms with Crippen LogP contribution in [0.2, 0.25) is 0 Å². The Balaban J connectivity index is 2.92. The average Bonchev–Trinajstić information content (AvgIpc) is 2.56. The van der Waals surface area contributed by atoms with E-state index in [1.54, 1.807) is 12.1 Å². The van der Waals surface area contributed by atoms with E-state index in [0.717, 1.165) is 23.3 Å². The fourth-order valence-electron chi connectivity index (χ4n) is 1.73. The van der Waals surface area contributed by atoms with Crippen LogP contribution in [0.5, 0.6) is 0 Å². The first kappa shape index (κ1) is 20.5. The van der Waals surface area contributed by atoms with Gasteiger partial charge in [0.2, 0.25) is 0 Å². The van der Waals surface area contributed by atoms with E-state index in [-0.39, 0.29) is 4.90 Å². The summed E-state index contributed by atoms with van der Waals surface area (Å²) in [6, 6.07) is 6.51. The summed E-state index contributed by atoms with van der Waals surface area (Å²) < 4.78 is 29.3. The summed E-state index contributed by atoms with van der Waals surface area (Å²) in [6.07, 6.45) is 8.48. The van der Waals surface area contributed by atoms with Crippen molar-refractivity contribution >= 4 is 26.9 Å². The van der Waals surface area contributed by atoms with Crippen molar-refractivity contribution in [2.75, 3.05) is 0 Å². The second-order valence-corrected chi connectivity index (χ2v) is 7.86. The number of thioether (sulfide) groups is 1. The summed E-state index contributed by atoms with van der Waals surface area (Å²) in [6.45, 7) is 7.91. The molecular formula is C18H25NO3S2. The zero-order chi connectivity index (χ0) is 18.0. The van der Waals surface area contributed by atoms with Crippen LogP contribution in [-0.4, -0.2) is 13.5 Å². The van der Waals surface area contributed by atoms with Gasteiger partial charge in [0.1, 0.15) is 9.94 Å². The molecule has 6 heteroatoms. The highest BCUT2D eigenvalue weighted by atomic mass is 32.2. The maximum atomic E-state index is 12.2. The highest BCUT2D eigenvalue weighted by Crippen LogP contribution is 2.23. The summed E-state index contributed by atoms with van der Waals surface area (Å²) in [5.41, 5.74) is 0.986. The zero-order valence-electron chi connectivity index (χ0n) is 14.7. The van der Waals surface area contributed by atoms with Gasteiger partial charge in [0.15, 0.2) is 0 Å². The van der Waals surface area contributed by atoms with E-state index in [2.05, 4.69) is 18.2 Å². The Morgan fingerprint density at radius 2 is 1.92 bits per heavy atom. The van der Waals surface area contributed by atoms with Crippen LogP contribution in [0, 0.1) is 6.92 Å². The largest absolute Gasteiger partial charge is 0.358 e. The minimum atomic E-state index is -3.89. The smallest absolute Gasteiger partial charge is 0.264 e. The predicted octanol–water partition coefficient (Wildman–Crippen LogP) is 5.42. The third-order valence-corrected chi connectivity index (χ3v) is 5.29. The Hall–Kier alpha value is -1.53. The number of aryl methyl sites for hydroxylation is 1. The van der Waals surface area contributed by atoms with Crippen molar-refractivity contribution in [3.8, 4) is 0 Å². The van der Waals surface area contributed by atoms with Crippen LogP contribution in [0.4, 0.5) is 0 Å². The normalized spacial score (nSPS) is 13.5. The van der Waals surface area contributed by atoms with Gasteiger partial charge in [-0.1, -0.05) is 66.7 Å². The van der Waals surface area contributed by atoms with Crippen LogP contribution in [0.3, 0.4) is 0 Å². The van der Waals surface area contributed by atoms with Crippen molar-refractivity contribution < 1.29 is 12.7 Å². The summed E-state index contributed by atoms with van der Waals surface area (Å²) in [7, 11) is -3.89. The van der Waals surface area contributed by atoms with Gasteiger partial charge in [-0.15, -0.1) is 0 Å². The highest BCUT2D eigenvalue weighted by Gasteiger charge is 2.16.